The minimum Gasteiger partial charge on any atom is -0.478 e. The average molecular weight is 257 g/mol. The van der Waals surface area contributed by atoms with E-state index >= 15 is 0 Å². The Labute approximate surface area is 111 Å². The second-order valence-electron chi connectivity index (χ2n) is 4.21. The molecule has 19 heavy (non-hydrogen) atoms. The van der Waals surface area contributed by atoms with Crippen LogP contribution in [0.2, 0.25) is 0 Å². The number of benzene rings is 1. The van der Waals surface area contributed by atoms with Gasteiger partial charge in [-0.05, 0) is 31.0 Å². The van der Waals surface area contributed by atoms with E-state index in [9.17, 15) is 4.79 Å². The minimum atomic E-state index is -0.932. The Morgan fingerprint density at radius 2 is 2.11 bits per heavy atom. The SMILES string of the molecule is CCc1cc(Nc2ccc(C)c(C(=O)O)c2)ncn1. The maximum Gasteiger partial charge on any atom is 0.336 e. The first kappa shape index (κ1) is 13.0. The van der Waals surface area contributed by atoms with Crippen LogP contribution in [-0.2, 0) is 6.42 Å². The summed E-state index contributed by atoms with van der Waals surface area (Å²) in [6, 6.07) is 7.05. The van der Waals surface area contributed by atoms with E-state index in [0.29, 0.717) is 11.5 Å². The molecule has 0 saturated carbocycles. The molecule has 0 spiro atoms. The lowest BCUT2D eigenvalue weighted by molar-refractivity contribution is 0.0696. The van der Waals surface area contributed by atoms with Gasteiger partial charge in [-0.2, -0.15) is 0 Å². The molecule has 0 aliphatic heterocycles. The summed E-state index contributed by atoms with van der Waals surface area (Å²) in [6.45, 7) is 3.79. The number of carboxylic acids is 1. The van der Waals surface area contributed by atoms with Crippen molar-refractivity contribution >= 4 is 17.5 Å². The molecule has 1 heterocycles. The van der Waals surface area contributed by atoms with Gasteiger partial charge in [0.15, 0.2) is 0 Å². The Bertz CT molecular complexity index is 611. The van der Waals surface area contributed by atoms with Crippen LogP contribution in [0, 0.1) is 6.92 Å². The third-order valence-electron chi connectivity index (χ3n) is 2.83. The summed E-state index contributed by atoms with van der Waals surface area (Å²) < 4.78 is 0. The molecule has 1 aromatic heterocycles. The number of hydrogen-bond acceptors (Lipinski definition) is 4. The van der Waals surface area contributed by atoms with Crippen molar-refractivity contribution in [1.82, 2.24) is 9.97 Å². The van der Waals surface area contributed by atoms with Gasteiger partial charge in [-0.25, -0.2) is 14.8 Å². The summed E-state index contributed by atoms with van der Waals surface area (Å²) in [5.74, 6) is -0.273. The third kappa shape index (κ3) is 3.07. The predicted octanol–water partition coefficient (Wildman–Crippen LogP) is 2.79. The molecule has 0 unspecified atom stereocenters. The molecule has 2 N–H and O–H groups in total. The largest absolute Gasteiger partial charge is 0.478 e. The zero-order valence-electron chi connectivity index (χ0n) is 10.8. The highest BCUT2D eigenvalue weighted by Gasteiger charge is 2.08. The Kier molecular flexibility index (Phi) is 3.75. The summed E-state index contributed by atoms with van der Waals surface area (Å²) in [6.07, 6.45) is 2.32. The first-order chi connectivity index (χ1) is 9.10. The number of hydrogen-bond donors (Lipinski definition) is 2. The van der Waals surface area contributed by atoms with Gasteiger partial charge in [-0.3, -0.25) is 0 Å². The Morgan fingerprint density at radius 3 is 2.79 bits per heavy atom. The van der Waals surface area contributed by atoms with Crippen LogP contribution < -0.4 is 5.32 Å². The van der Waals surface area contributed by atoms with Crippen molar-refractivity contribution in [1.29, 1.82) is 0 Å². The highest BCUT2D eigenvalue weighted by Crippen LogP contribution is 2.19. The van der Waals surface area contributed by atoms with Crippen molar-refractivity contribution in [3.8, 4) is 0 Å². The van der Waals surface area contributed by atoms with Crippen LogP contribution in [0.3, 0.4) is 0 Å². The van der Waals surface area contributed by atoms with E-state index in [4.69, 9.17) is 5.11 Å². The van der Waals surface area contributed by atoms with Crippen LogP contribution in [0.4, 0.5) is 11.5 Å². The van der Waals surface area contributed by atoms with Gasteiger partial charge >= 0.3 is 5.97 Å². The standard InChI is InChI=1S/C14H15N3O2/c1-3-10-7-13(16-8-15-10)17-11-5-4-9(2)12(6-11)14(18)19/h4-8H,3H2,1-2H3,(H,18,19)(H,15,16,17). The molecule has 0 amide bonds. The smallest absolute Gasteiger partial charge is 0.336 e. The quantitative estimate of drug-likeness (QED) is 0.880. The van der Waals surface area contributed by atoms with Crippen molar-refractivity contribution in [2.24, 2.45) is 0 Å². The number of nitrogens with one attached hydrogen (secondary N) is 1. The van der Waals surface area contributed by atoms with Gasteiger partial charge in [-0.1, -0.05) is 13.0 Å². The first-order valence-corrected chi connectivity index (χ1v) is 6.02. The number of aromatic carboxylic acids is 1. The van der Waals surface area contributed by atoms with Crippen LogP contribution in [0.25, 0.3) is 0 Å². The topological polar surface area (TPSA) is 75.1 Å². The second kappa shape index (κ2) is 5.48. The molecular weight excluding hydrogens is 242 g/mol. The number of rotatable bonds is 4. The zero-order valence-corrected chi connectivity index (χ0v) is 10.8. The van der Waals surface area contributed by atoms with E-state index in [2.05, 4.69) is 15.3 Å². The highest BCUT2D eigenvalue weighted by atomic mass is 16.4. The summed E-state index contributed by atoms with van der Waals surface area (Å²) in [7, 11) is 0. The van der Waals surface area contributed by atoms with Gasteiger partial charge in [0, 0.05) is 17.4 Å². The van der Waals surface area contributed by atoms with Crippen LogP contribution in [0.1, 0.15) is 28.5 Å². The lowest BCUT2D eigenvalue weighted by Gasteiger charge is -2.08. The number of carbonyl (C=O) groups is 1. The van der Waals surface area contributed by atoms with Crippen molar-refractivity contribution in [2.75, 3.05) is 5.32 Å². The molecule has 0 atom stereocenters. The van der Waals surface area contributed by atoms with Crippen LogP contribution in [-0.4, -0.2) is 21.0 Å². The van der Waals surface area contributed by atoms with Gasteiger partial charge in [0.1, 0.15) is 12.1 Å². The van der Waals surface area contributed by atoms with E-state index in [1.807, 2.05) is 19.1 Å². The van der Waals surface area contributed by atoms with Crippen LogP contribution >= 0.6 is 0 Å². The average Bonchev–Trinajstić information content (AvgIpc) is 2.41. The first-order valence-electron chi connectivity index (χ1n) is 6.02. The maximum atomic E-state index is 11.1. The molecule has 0 aliphatic carbocycles. The molecule has 0 bridgehead atoms. The Morgan fingerprint density at radius 1 is 1.32 bits per heavy atom. The van der Waals surface area contributed by atoms with E-state index in [1.54, 1.807) is 19.1 Å². The molecule has 2 aromatic rings. The normalized spacial score (nSPS) is 10.2. The molecular formula is C14H15N3O2. The van der Waals surface area contributed by atoms with Crippen LogP contribution in [0.5, 0.6) is 0 Å². The van der Waals surface area contributed by atoms with Gasteiger partial charge in [0.25, 0.3) is 0 Å². The molecule has 1 aromatic carbocycles. The highest BCUT2D eigenvalue weighted by molar-refractivity contribution is 5.90. The fourth-order valence-electron chi connectivity index (χ4n) is 1.74. The number of aromatic nitrogens is 2. The summed E-state index contributed by atoms with van der Waals surface area (Å²) in [4.78, 5) is 19.3. The van der Waals surface area contributed by atoms with Crippen molar-refractivity contribution in [3.63, 3.8) is 0 Å². The summed E-state index contributed by atoms with van der Waals surface area (Å²) in [5, 5.41) is 12.2. The lowest BCUT2D eigenvalue weighted by atomic mass is 10.1. The fraction of sp³-hybridized carbons (Fsp3) is 0.214. The number of aryl methyl sites for hydroxylation is 2. The Balaban J connectivity index is 2.28. The molecule has 98 valence electrons. The molecule has 5 nitrogen and oxygen atoms in total. The van der Waals surface area contributed by atoms with Crippen LogP contribution in [0.15, 0.2) is 30.6 Å². The number of carboxylic acid groups (broad SMARTS) is 1. The van der Waals surface area contributed by atoms with E-state index in [1.165, 1.54) is 6.33 Å². The maximum absolute atomic E-state index is 11.1. The van der Waals surface area contributed by atoms with E-state index in [-0.39, 0.29) is 5.56 Å². The van der Waals surface area contributed by atoms with Crippen molar-refractivity contribution < 1.29 is 9.90 Å². The number of nitrogens with zero attached hydrogens (tertiary/aromatic N) is 2. The predicted molar refractivity (Wildman–Crippen MR) is 72.8 cm³/mol. The molecule has 0 radical (unpaired) electrons. The van der Waals surface area contributed by atoms with E-state index in [0.717, 1.165) is 17.7 Å². The molecule has 0 aliphatic rings. The molecule has 0 saturated heterocycles. The van der Waals surface area contributed by atoms with Gasteiger partial charge in [-0.15, -0.1) is 0 Å². The zero-order chi connectivity index (χ0) is 13.8. The summed E-state index contributed by atoms with van der Waals surface area (Å²) in [5.41, 5.74) is 2.65. The van der Waals surface area contributed by atoms with Crippen molar-refractivity contribution in [2.45, 2.75) is 20.3 Å². The molecule has 5 heteroatoms. The van der Waals surface area contributed by atoms with Crippen molar-refractivity contribution in [3.05, 3.63) is 47.4 Å². The van der Waals surface area contributed by atoms with Gasteiger partial charge in [0.2, 0.25) is 0 Å². The fourth-order valence-corrected chi connectivity index (χ4v) is 1.74. The van der Waals surface area contributed by atoms with Gasteiger partial charge < -0.3 is 10.4 Å². The third-order valence-corrected chi connectivity index (χ3v) is 2.83. The van der Waals surface area contributed by atoms with Gasteiger partial charge in [0.05, 0.1) is 5.56 Å². The number of anilines is 2. The summed E-state index contributed by atoms with van der Waals surface area (Å²) >= 11 is 0. The van der Waals surface area contributed by atoms with E-state index < -0.39 is 5.97 Å². The lowest BCUT2D eigenvalue weighted by Crippen LogP contribution is -2.02. The monoisotopic (exact) mass is 257 g/mol. The minimum absolute atomic E-state index is 0.287. The molecule has 0 fully saturated rings. The molecule has 2 rings (SSSR count). The Hall–Kier alpha value is -2.43. The second-order valence-corrected chi connectivity index (χ2v) is 4.21.